The first-order valence-corrected chi connectivity index (χ1v) is 12.1. The van der Waals surface area contributed by atoms with Crippen molar-refractivity contribution < 1.29 is 23.1 Å². The van der Waals surface area contributed by atoms with Crippen LogP contribution in [0.4, 0.5) is 0 Å². The summed E-state index contributed by atoms with van der Waals surface area (Å²) in [5.74, 6) is -0.181. The van der Waals surface area contributed by atoms with Gasteiger partial charge in [0.15, 0.2) is 0 Å². The van der Waals surface area contributed by atoms with Crippen LogP contribution in [0.3, 0.4) is 0 Å². The number of likely N-dealkylation sites (tertiary alicyclic amines) is 1. The topological polar surface area (TPSA) is 95.9 Å². The lowest BCUT2D eigenvalue weighted by Crippen LogP contribution is -2.42. The lowest BCUT2D eigenvalue weighted by atomic mass is 9.95. The van der Waals surface area contributed by atoms with E-state index in [2.05, 4.69) is 14.4 Å². The van der Waals surface area contributed by atoms with Gasteiger partial charge in [0.05, 0.1) is 24.5 Å². The maximum atomic E-state index is 12.9. The number of nitrogens with zero attached hydrogens (tertiary/aromatic N) is 1. The van der Waals surface area contributed by atoms with Gasteiger partial charge in [-0.1, -0.05) is 42.5 Å². The summed E-state index contributed by atoms with van der Waals surface area (Å²) >= 11 is 0. The molecule has 0 aliphatic carbocycles. The first-order chi connectivity index (χ1) is 14.9. The molecule has 2 aromatic carbocycles. The largest absolute Gasteiger partial charge is 0.465 e. The summed E-state index contributed by atoms with van der Waals surface area (Å²) in [5, 5.41) is 9.41. The van der Waals surface area contributed by atoms with Crippen LogP contribution in [0, 0.1) is 5.92 Å². The molecule has 1 atom stereocenters. The fraction of sp³-hybridized carbons (Fsp3) is 0.435. The number of carbonyl (C=O) groups excluding carboxylic acids is 1. The molecule has 2 aromatic rings. The van der Waals surface area contributed by atoms with E-state index in [0.29, 0.717) is 5.56 Å². The van der Waals surface area contributed by atoms with Crippen molar-refractivity contribution in [3.8, 4) is 0 Å². The van der Waals surface area contributed by atoms with Gasteiger partial charge >= 0.3 is 5.97 Å². The highest BCUT2D eigenvalue weighted by molar-refractivity contribution is 7.89. The van der Waals surface area contributed by atoms with Crippen molar-refractivity contribution in [1.29, 1.82) is 0 Å². The van der Waals surface area contributed by atoms with Gasteiger partial charge in [-0.2, -0.15) is 0 Å². The van der Waals surface area contributed by atoms with E-state index in [9.17, 15) is 18.3 Å². The number of hydrogen-bond acceptors (Lipinski definition) is 6. The fourth-order valence-corrected chi connectivity index (χ4v) is 5.19. The molecule has 31 heavy (non-hydrogen) atoms. The SMILES string of the molecule is COC(=O)c1ccc(CNS(=O)(=O)CC(c2ccccc2)N2CCC(CO)CC2)cc1. The predicted octanol–water partition coefficient (Wildman–Crippen LogP) is 2.34. The molecule has 1 aliphatic rings. The second-order valence-corrected chi connectivity index (χ2v) is 9.73. The molecule has 1 aliphatic heterocycles. The minimum Gasteiger partial charge on any atom is -0.465 e. The molecule has 0 radical (unpaired) electrons. The van der Waals surface area contributed by atoms with Crippen LogP contribution in [0.1, 0.15) is 40.4 Å². The first-order valence-electron chi connectivity index (χ1n) is 10.5. The Bertz CT molecular complexity index is 940. The van der Waals surface area contributed by atoms with Gasteiger partial charge in [-0.05, 0) is 55.1 Å². The summed E-state index contributed by atoms with van der Waals surface area (Å²) < 4.78 is 33.2. The Morgan fingerprint density at radius 2 is 1.77 bits per heavy atom. The zero-order chi connectivity index (χ0) is 22.3. The summed E-state index contributed by atoms with van der Waals surface area (Å²) in [5.41, 5.74) is 2.15. The zero-order valence-electron chi connectivity index (χ0n) is 17.7. The van der Waals surface area contributed by atoms with Gasteiger partial charge in [-0.15, -0.1) is 0 Å². The number of piperidine rings is 1. The number of benzene rings is 2. The normalized spacial score (nSPS) is 16.7. The third-order valence-electron chi connectivity index (χ3n) is 5.78. The molecule has 1 fully saturated rings. The van der Waals surface area contributed by atoms with Gasteiger partial charge in [-0.25, -0.2) is 17.9 Å². The molecule has 1 unspecified atom stereocenters. The fourth-order valence-electron chi connectivity index (χ4n) is 3.87. The molecule has 3 rings (SSSR count). The molecule has 0 bridgehead atoms. The number of aliphatic hydroxyl groups is 1. The standard InChI is InChI=1S/C23H30N2O5S/c1-30-23(27)21-9-7-18(8-10-21)15-24-31(28,29)17-22(20-5-3-2-4-6-20)25-13-11-19(16-26)12-14-25/h2-10,19,22,24,26H,11-17H2,1H3. The number of rotatable bonds is 9. The Balaban J connectivity index is 1.67. The van der Waals surface area contributed by atoms with Gasteiger partial charge in [0, 0.05) is 13.2 Å². The van der Waals surface area contributed by atoms with Crippen molar-refractivity contribution in [2.75, 3.05) is 32.6 Å². The number of methoxy groups -OCH3 is 1. The van der Waals surface area contributed by atoms with Crippen molar-refractivity contribution in [3.63, 3.8) is 0 Å². The van der Waals surface area contributed by atoms with Crippen molar-refractivity contribution in [1.82, 2.24) is 9.62 Å². The van der Waals surface area contributed by atoms with E-state index in [1.54, 1.807) is 24.3 Å². The van der Waals surface area contributed by atoms with Crippen molar-refractivity contribution in [2.45, 2.75) is 25.4 Å². The molecule has 1 heterocycles. The maximum absolute atomic E-state index is 12.9. The molecule has 2 N–H and O–H groups in total. The average Bonchev–Trinajstić information content (AvgIpc) is 2.82. The second-order valence-electron chi connectivity index (χ2n) is 7.88. The lowest BCUT2D eigenvalue weighted by Gasteiger charge is -2.37. The highest BCUT2D eigenvalue weighted by Crippen LogP contribution is 2.28. The Labute approximate surface area is 184 Å². The molecular weight excluding hydrogens is 416 g/mol. The summed E-state index contributed by atoms with van der Waals surface area (Å²) in [7, 11) is -2.24. The summed E-state index contributed by atoms with van der Waals surface area (Å²) in [6.45, 7) is 1.85. The number of hydrogen-bond donors (Lipinski definition) is 2. The number of aliphatic hydroxyl groups excluding tert-OH is 1. The van der Waals surface area contributed by atoms with Crippen LogP contribution < -0.4 is 4.72 Å². The predicted molar refractivity (Wildman–Crippen MR) is 119 cm³/mol. The molecule has 0 amide bonds. The number of ether oxygens (including phenoxy) is 1. The van der Waals surface area contributed by atoms with Gasteiger partial charge in [0.2, 0.25) is 10.0 Å². The molecule has 0 saturated carbocycles. The number of carbonyl (C=O) groups is 1. The molecule has 0 spiro atoms. The summed E-state index contributed by atoms with van der Waals surface area (Å²) in [6, 6.07) is 16.1. The van der Waals surface area contributed by atoms with Gasteiger partial charge in [0.25, 0.3) is 0 Å². The van der Waals surface area contributed by atoms with Crippen molar-refractivity contribution >= 4 is 16.0 Å². The lowest BCUT2D eigenvalue weighted by molar-refractivity contribution is 0.0600. The minimum absolute atomic E-state index is 0.0406. The smallest absolute Gasteiger partial charge is 0.337 e. The van der Waals surface area contributed by atoms with E-state index >= 15 is 0 Å². The zero-order valence-corrected chi connectivity index (χ0v) is 18.6. The van der Waals surface area contributed by atoms with E-state index < -0.39 is 16.0 Å². The average molecular weight is 447 g/mol. The monoisotopic (exact) mass is 446 g/mol. The minimum atomic E-state index is -3.56. The van der Waals surface area contributed by atoms with E-state index in [1.165, 1.54) is 7.11 Å². The molecule has 0 aromatic heterocycles. The molecule has 1 saturated heterocycles. The Morgan fingerprint density at radius 1 is 1.13 bits per heavy atom. The maximum Gasteiger partial charge on any atom is 0.337 e. The quantitative estimate of drug-likeness (QED) is 0.574. The number of nitrogens with one attached hydrogen (secondary N) is 1. The summed E-state index contributed by atoms with van der Waals surface area (Å²) in [4.78, 5) is 13.7. The van der Waals surface area contributed by atoms with Crippen LogP contribution in [0.15, 0.2) is 54.6 Å². The highest BCUT2D eigenvalue weighted by atomic mass is 32.2. The van der Waals surface area contributed by atoms with Gasteiger partial charge in [-0.3, -0.25) is 4.90 Å². The van der Waals surface area contributed by atoms with Crippen LogP contribution in [-0.2, 0) is 21.3 Å². The van der Waals surface area contributed by atoms with E-state index in [0.717, 1.165) is 37.1 Å². The highest BCUT2D eigenvalue weighted by Gasteiger charge is 2.29. The second kappa shape index (κ2) is 10.9. The van der Waals surface area contributed by atoms with Gasteiger partial charge < -0.3 is 9.84 Å². The Hall–Kier alpha value is -2.26. The van der Waals surface area contributed by atoms with Gasteiger partial charge in [0.1, 0.15) is 0 Å². The van der Waals surface area contributed by atoms with E-state index in [-0.39, 0.29) is 30.9 Å². The van der Waals surface area contributed by atoms with Crippen LogP contribution in [-0.4, -0.2) is 57.0 Å². The third kappa shape index (κ3) is 6.61. The number of sulfonamides is 1. The van der Waals surface area contributed by atoms with Crippen LogP contribution in [0.2, 0.25) is 0 Å². The van der Waals surface area contributed by atoms with Crippen molar-refractivity contribution in [3.05, 3.63) is 71.3 Å². The Kier molecular flexibility index (Phi) is 8.20. The van der Waals surface area contributed by atoms with Crippen LogP contribution in [0.5, 0.6) is 0 Å². The third-order valence-corrected chi connectivity index (χ3v) is 7.12. The molecule has 7 nitrogen and oxygen atoms in total. The van der Waals surface area contributed by atoms with Crippen LogP contribution >= 0.6 is 0 Å². The molecular formula is C23H30N2O5S. The Morgan fingerprint density at radius 3 is 2.35 bits per heavy atom. The molecule has 8 heteroatoms. The number of esters is 1. The van der Waals surface area contributed by atoms with E-state index in [4.69, 9.17) is 0 Å². The molecule has 168 valence electrons. The van der Waals surface area contributed by atoms with E-state index in [1.807, 2.05) is 30.3 Å². The van der Waals surface area contributed by atoms with Crippen molar-refractivity contribution in [2.24, 2.45) is 5.92 Å². The van der Waals surface area contributed by atoms with Crippen LogP contribution in [0.25, 0.3) is 0 Å². The summed E-state index contributed by atoms with van der Waals surface area (Å²) in [6.07, 6.45) is 1.72. The first kappa shape index (κ1) is 23.4.